The van der Waals surface area contributed by atoms with Crippen molar-refractivity contribution in [2.24, 2.45) is 0 Å². The van der Waals surface area contributed by atoms with Gasteiger partial charge >= 0.3 is 0 Å². The van der Waals surface area contributed by atoms with Crippen molar-refractivity contribution in [2.45, 2.75) is 0 Å². The highest BCUT2D eigenvalue weighted by Crippen LogP contribution is 2.21. The molecule has 1 aromatic heterocycles. The van der Waals surface area contributed by atoms with Gasteiger partial charge in [-0.1, -0.05) is 0 Å². The minimum atomic E-state index is 1.01. The van der Waals surface area contributed by atoms with E-state index in [0.717, 1.165) is 22.6 Å². The maximum atomic E-state index is 4.30. The van der Waals surface area contributed by atoms with Crippen LogP contribution in [0, 0.1) is 0 Å². The molecule has 0 aliphatic rings. The third-order valence-corrected chi connectivity index (χ3v) is 2.94. The van der Waals surface area contributed by atoms with Gasteiger partial charge in [0, 0.05) is 25.5 Å². The van der Waals surface area contributed by atoms with Gasteiger partial charge < -0.3 is 4.90 Å². The highest BCUT2D eigenvalue weighted by atomic mass is 79.9. The quantitative estimate of drug-likeness (QED) is 0.829. The summed E-state index contributed by atoms with van der Waals surface area (Å²) in [7, 11) is 2.06. The molecule has 0 saturated heterocycles. The van der Waals surface area contributed by atoms with Gasteiger partial charge in [0.1, 0.15) is 5.82 Å². The van der Waals surface area contributed by atoms with E-state index in [9.17, 15) is 0 Å². The second kappa shape index (κ2) is 5.50. The summed E-state index contributed by atoms with van der Waals surface area (Å²) in [6, 6.07) is 3.94. The molecule has 1 heterocycles. The molecular weight excluding hydrogens is 248 g/mol. The van der Waals surface area contributed by atoms with Crippen molar-refractivity contribution in [3.8, 4) is 0 Å². The average molecular weight is 261 g/mol. The maximum Gasteiger partial charge on any atom is 0.142 e. The van der Waals surface area contributed by atoms with Gasteiger partial charge in [-0.15, -0.1) is 0 Å². The number of halogens is 1. The van der Waals surface area contributed by atoms with Gasteiger partial charge in [0.2, 0.25) is 0 Å². The van der Waals surface area contributed by atoms with Gasteiger partial charge in [0.15, 0.2) is 0 Å². The van der Waals surface area contributed by atoms with Gasteiger partial charge in [-0.2, -0.15) is 11.8 Å². The number of rotatable bonds is 4. The molecule has 1 aromatic rings. The predicted octanol–water partition coefficient (Wildman–Crippen LogP) is 2.64. The van der Waals surface area contributed by atoms with Gasteiger partial charge in [0.25, 0.3) is 0 Å². The molecule has 2 nitrogen and oxygen atoms in total. The second-order valence-electron chi connectivity index (χ2n) is 2.72. The first-order chi connectivity index (χ1) is 6.25. The average Bonchev–Trinajstić information content (AvgIpc) is 2.15. The highest BCUT2D eigenvalue weighted by Gasteiger charge is 2.04. The molecule has 0 aliphatic heterocycles. The van der Waals surface area contributed by atoms with Crippen LogP contribution in [0.5, 0.6) is 0 Å². The standard InChI is InChI=1S/C9H13BrN2S/c1-12(6-7-13-2)9-8(10)4-3-5-11-9/h3-5H,6-7H2,1-2H3. The van der Waals surface area contributed by atoms with E-state index in [-0.39, 0.29) is 0 Å². The van der Waals surface area contributed by atoms with Crippen LogP contribution in [0.25, 0.3) is 0 Å². The monoisotopic (exact) mass is 260 g/mol. The van der Waals surface area contributed by atoms with Crippen LogP contribution in [-0.4, -0.2) is 30.6 Å². The predicted molar refractivity (Wildman–Crippen MR) is 63.6 cm³/mol. The number of anilines is 1. The fourth-order valence-corrected chi connectivity index (χ4v) is 2.01. The summed E-state index contributed by atoms with van der Waals surface area (Å²) in [5.74, 6) is 2.14. The highest BCUT2D eigenvalue weighted by molar-refractivity contribution is 9.10. The lowest BCUT2D eigenvalue weighted by Gasteiger charge is -2.18. The molecule has 0 bridgehead atoms. The molecule has 0 fully saturated rings. The van der Waals surface area contributed by atoms with E-state index in [1.165, 1.54) is 0 Å². The van der Waals surface area contributed by atoms with E-state index in [1.807, 2.05) is 30.1 Å². The second-order valence-corrected chi connectivity index (χ2v) is 4.56. The first kappa shape index (κ1) is 10.9. The Kier molecular flexibility index (Phi) is 4.59. The van der Waals surface area contributed by atoms with Crippen molar-refractivity contribution >= 4 is 33.5 Å². The summed E-state index contributed by atoms with van der Waals surface area (Å²) in [5.41, 5.74) is 0. The summed E-state index contributed by atoms with van der Waals surface area (Å²) in [4.78, 5) is 6.45. The molecule has 0 amide bonds. The van der Waals surface area contributed by atoms with Crippen molar-refractivity contribution in [1.82, 2.24) is 4.98 Å². The zero-order valence-electron chi connectivity index (χ0n) is 7.83. The zero-order chi connectivity index (χ0) is 9.68. The fraction of sp³-hybridized carbons (Fsp3) is 0.444. The summed E-state index contributed by atoms with van der Waals surface area (Å²) < 4.78 is 1.05. The number of hydrogen-bond acceptors (Lipinski definition) is 3. The molecular formula is C9H13BrN2S. The largest absolute Gasteiger partial charge is 0.358 e. The molecule has 72 valence electrons. The SMILES string of the molecule is CSCCN(C)c1ncccc1Br. The molecule has 0 unspecified atom stereocenters. The van der Waals surface area contributed by atoms with Crippen LogP contribution >= 0.6 is 27.7 Å². The Morgan fingerprint density at radius 2 is 2.38 bits per heavy atom. The lowest BCUT2D eigenvalue weighted by Crippen LogP contribution is -2.21. The van der Waals surface area contributed by atoms with Crippen LogP contribution in [0.4, 0.5) is 5.82 Å². The van der Waals surface area contributed by atoms with Gasteiger partial charge in [0.05, 0.1) is 4.47 Å². The molecule has 0 N–H and O–H groups in total. The molecule has 0 radical (unpaired) electrons. The minimum absolute atomic E-state index is 1.01. The fourth-order valence-electron chi connectivity index (χ4n) is 0.992. The third-order valence-electron chi connectivity index (χ3n) is 1.73. The Balaban J connectivity index is 2.65. The first-order valence-electron chi connectivity index (χ1n) is 4.06. The first-order valence-corrected chi connectivity index (χ1v) is 6.25. The van der Waals surface area contributed by atoms with E-state index in [2.05, 4.69) is 39.1 Å². The number of pyridine rings is 1. The number of nitrogens with zero attached hydrogens (tertiary/aromatic N) is 2. The molecule has 13 heavy (non-hydrogen) atoms. The summed E-state index contributed by atoms with van der Waals surface area (Å²) in [5, 5.41) is 0. The van der Waals surface area contributed by atoms with E-state index in [0.29, 0.717) is 0 Å². The van der Waals surface area contributed by atoms with Crippen LogP contribution in [0.2, 0.25) is 0 Å². The van der Waals surface area contributed by atoms with Crippen LogP contribution in [0.15, 0.2) is 22.8 Å². The number of thioether (sulfide) groups is 1. The maximum absolute atomic E-state index is 4.30. The normalized spacial score (nSPS) is 10.1. The van der Waals surface area contributed by atoms with Crippen LogP contribution in [0.3, 0.4) is 0 Å². The van der Waals surface area contributed by atoms with Crippen molar-refractivity contribution in [3.63, 3.8) is 0 Å². The molecule has 0 saturated carbocycles. The van der Waals surface area contributed by atoms with Crippen molar-refractivity contribution in [3.05, 3.63) is 22.8 Å². The van der Waals surface area contributed by atoms with Gasteiger partial charge in [-0.25, -0.2) is 4.98 Å². The Morgan fingerprint density at radius 1 is 1.62 bits per heavy atom. The van der Waals surface area contributed by atoms with E-state index in [4.69, 9.17) is 0 Å². The Morgan fingerprint density at radius 3 is 3.00 bits per heavy atom. The summed E-state index contributed by atoms with van der Waals surface area (Å²) in [6.45, 7) is 1.02. The molecule has 0 spiro atoms. The van der Waals surface area contributed by atoms with E-state index in [1.54, 1.807) is 0 Å². The number of aromatic nitrogens is 1. The molecule has 0 aliphatic carbocycles. The van der Waals surface area contributed by atoms with E-state index < -0.39 is 0 Å². The Bertz CT molecular complexity index is 268. The summed E-state index contributed by atoms with van der Waals surface area (Å²) in [6.07, 6.45) is 3.93. The van der Waals surface area contributed by atoms with Crippen molar-refractivity contribution < 1.29 is 0 Å². The van der Waals surface area contributed by atoms with Crippen LogP contribution in [0.1, 0.15) is 0 Å². The summed E-state index contributed by atoms with van der Waals surface area (Å²) >= 11 is 5.32. The van der Waals surface area contributed by atoms with Gasteiger partial charge in [-0.05, 0) is 34.3 Å². The van der Waals surface area contributed by atoms with Gasteiger partial charge in [-0.3, -0.25) is 0 Å². The molecule has 0 atom stereocenters. The van der Waals surface area contributed by atoms with E-state index >= 15 is 0 Å². The molecule has 0 aromatic carbocycles. The molecule has 1 rings (SSSR count). The van der Waals surface area contributed by atoms with Crippen LogP contribution in [-0.2, 0) is 0 Å². The lowest BCUT2D eigenvalue weighted by molar-refractivity contribution is 0.942. The van der Waals surface area contributed by atoms with Crippen LogP contribution < -0.4 is 4.90 Å². The van der Waals surface area contributed by atoms with Crippen molar-refractivity contribution in [2.75, 3.05) is 30.5 Å². The lowest BCUT2D eigenvalue weighted by atomic mass is 10.4. The number of hydrogen-bond donors (Lipinski definition) is 0. The zero-order valence-corrected chi connectivity index (χ0v) is 10.2. The Labute approximate surface area is 91.9 Å². The Hall–Kier alpha value is -0.220. The molecule has 4 heteroatoms. The van der Waals surface area contributed by atoms with Crippen molar-refractivity contribution in [1.29, 1.82) is 0 Å². The minimum Gasteiger partial charge on any atom is -0.358 e. The third kappa shape index (κ3) is 3.19. The topological polar surface area (TPSA) is 16.1 Å². The smallest absolute Gasteiger partial charge is 0.142 e.